The summed E-state index contributed by atoms with van der Waals surface area (Å²) in [6, 6.07) is 12.1. The molecule has 0 spiro atoms. The number of Topliss-reactive ketones (excluding diaryl/α,β-unsaturated/α-hetero) is 1. The Morgan fingerprint density at radius 3 is 2.39 bits per heavy atom. The molecule has 0 N–H and O–H groups in total. The molecule has 118 valence electrons. The molecule has 1 aliphatic heterocycles. The third-order valence-electron chi connectivity index (χ3n) is 3.83. The molecule has 0 radical (unpaired) electrons. The number of carbonyl (C=O) groups is 2. The average molecular weight is 312 g/mol. The van der Waals surface area contributed by atoms with Crippen molar-refractivity contribution in [1.29, 1.82) is 0 Å². The van der Waals surface area contributed by atoms with Gasteiger partial charge < -0.3 is 14.2 Å². The maximum absolute atomic E-state index is 12.5. The van der Waals surface area contributed by atoms with Crippen molar-refractivity contribution in [2.24, 2.45) is 0 Å². The van der Waals surface area contributed by atoms with E-state index in [0.29, 0.717) is 34.6 Å². The zero-order valence-corrected chi connectivity index (χ0v) is 12.9. The van der Waals surface area contributed by atoms with Crippen LogP contribution in [0, 0.1) is 0 Å². The first-order valence-electron chi connectivity index (χ1n) is 7.19. The van der Waals surface area contributed by atoms with Crippen LogP contribution in [0.15, 0.2) is 42.5 Å². The minimum Gasteiger partial charge on any atom is -0.493 e. The van der Waals surface area contributed by atoms with Gasteiger partial charge in [0.2, 0.25) is 5.78 Å². The molecule has 1 atom stereocenters. The summed E-state index contributed by atoms with van der Waals surface area (Å²) >= 11 is 0. The quantitative estimate of drug-likeness (QED) is 0.641. The van der Waals surface area contributed by atoms with E-state index in [1.807, 2.05) is 6.07 Å². The second-order valence-electron chi connectivity index (χ2n) is 5.19. The zero-order chi connectivity index (χ0) is 16.4. The van der Waals surface area contributed by atoms with Crippen LogP contribution in [-0.4, -0.2) is 32.1 Å². The summed E-state index contributed by atoms with van der Waals surface area (Å²) in [6.07, 6.45) is -0.509. The topological polar surface area (TPSA) is 61.8 Å². The van der Waals surface area contributed by atoms with E-state index < -0.39 is 12.1 Å². The fraction of sp³-hybridized carbons (Fsp3) is 0.222. The van der Waals surface area contributed by atoms with Gasteiger partial charge in [-0.25, -0.2) is 4.79 Å². The first kappa shape index (κ1) is 15.1. The highest BCUT2D eigenvalue weighted by molar-refractivity contribution is 6.03. The molecule has 1 heterocycles. The van der Waals surface area contributed by atoms with E-state index in [1.54, 1.807) is 36.4 Å². The minimum absolute atomic E-state index is 0.209. The number of methoxy groups -OCH3 is 2. The van der Waals surface area contributed by atoms with Gasteiger partial charge in [-0.15, -0.1) is 0 Å². The lowest BCUT2D eigenvalue weighted by molar-refractivity contribution is 0.0247. The maximum atomic E-state index is 12.5. The van der Waals surface area contributed by atoms with Crippen LogP contribution >= 0.6 is 0 Å². The van der Waals surface area contributed by atoms with E-state index in [9.17, 15) is 9.59 Å². The summed E-state index contributed by atoms with van der Waals surface area (Å²) in [5.74, 6) is 0.240. The molecule has 0 unspecified atom stereocenters. The number of hydrogen-bond acceptors (Lipinski definition) is 5. The average Bonchev–Trinajstić information content (AvgIpc) is 2.60. The van der Waals surface area contributed by atoms with Gasteiger partial charge in [-0.05, 0) is 17.7 Å². The number of ether oxygens (including phenoxy) is 3. The van der Waals surface area contributed by atoms with Gasteiger partial charge in [0.25, 0.3) is 0 Å². The number of cyclic esters (lactones) is 1. The molecule has 0 bridgehead atoms. The van der Waals surface area contributed by atoms with E-state index in [-0.39, 0.29) is 5.78 Å². The van der Waals surface area contributed by atoms with Gasteiger partial charge in [-0.1, -0.05) is 30.3 Å². The van der Waals surface area contributed by atoms with Gasteiger partial charge in [0.05, 0.1) is 19.8 Å². The Morgan fingerprint density at radius 1 is 1.09 bits per heavy atom. The monoisotopic (exact) mass is 312 g/mol. The molecule has 5 heteroatoms. The number of rotatable bonds is 4. The SMILES string of the molecule is COc1cc2c(cc1OC)C(=O)O[C@@H](C(=O)c1ccccc1)C2. The first-order chi connectivity index (χ1) is 11.1. The number of ketones is 1. The van der Waals surface area contributed by atoms with Crippen molar-refractivity contribution in [3.05, 3.63) is 59.2 Å². The van der Waals surface area contributed by atoms with E-state index in [4.69, 9.17) is 14.2 Å². The Labute approximate surface area is 133 Å². The fourth-order valence-corrected chi connectivity index (χ4v) is 2.65. The Bertz CT molecular complexity index is 752. The fourth-order valence-electron chi connectivity index (χ4n) is 2.65. The van der Waals surface area contributed by atoms with Crippen LogP contribution in [0.2, 0.25) is 0 Å². The maximum Gasteiger partial charge on any atom is 0.339 e. The van der Waals surface area contributed by atoms with Crippen molar-refractivity contribution >= 4 is 11.8 Å². The zero-order valence-electron chi connectivity index (χ0n) is 12.9. The van der Waals surface area contributed by atoms with E-state index in [2.05, 4.69) is 0 Å². The second kappa shape index (κ2) is 6.12. The third-order valence-corrected chi connectivity index (χ3v) is 3.83. The molecule has 2 aromatic rings. The molecule has 1 aliphatic rings. The minimum atomic E-state index is -0.824. The highest BCUT2D eigenvalue weighted by Gasteiger charge is 2.33. The number of esters is 1. The highest BCUT2D eigenvalue weighted by Crippen LogP contribution is 2.34. The Hall–Kier alpha value is -2.82. The summed E-state index contributed by atoms with van der Waals surface area (Å²) in [5, 5.41) is 0. The number of carbonyl (C=O) groups excluding carboxylic acids is 2. The molecule has 2 aromatic carbocycles. The lowest BCUT2D eigenvalue weighted by Gasteiger charge is -2.24. The largest absolute Gasteiger partial charge is 0.493 e. The van der Waals surface area contributed by atoms with E-state index in [0.717, 1.165) is 0 Å². The molecule has 0 aromatic heterocycles. The molecule has 5 nitrogen and oxygen atoms in total. The Balaban J connectivity index is 1.94. The van der Waals surface area contributed by atoms with Gasteiger partial charge in [0, 0.05) is 12.0 Å². The summed E-state index contributed by atoms with van der Waals surface area (Å²) in [6.45, 7) is 0. The number of benzene rings is 2. The normalized spacial score (nSPS) is 16.3. The van der Waals surface area contributed by atoms with Crippen LogP contribution in [0.4, 0.5) is 0 Å². The summed E-state index contributed by atoms with van der Waals surface area (Å²) < 4.78 is 15.8. The van der Waals surface area contributed by atoms with Crippen LogP contribution in [0.1, 0.15) is 26.3 Å². The highest BCUT2D eigenvalue weighted by atomic mass is 16.5. The number of fused-ring (bicyclic) bond motifs is 1. The molecule has 23 heavy (non-hydrogen) atoms. The van der Waals surface area contributed by atoms with Crippen molar-refractivity contribution < 1.29 is 23.8 Å². The van der Waals surface area contributed by atoms with Crippen molar-refractivity contribution in [3.8, 4) is 11.5 Å². The smallest absolute Gasteiger partial charge is 0.339 e. The van der Waals surface area contributed by atoms with Crippen LogP contribution in [0.25, 0.3) is 0 Å². The van der Waals surface area contributed by atoms with Gasteiger partial charge in [0.1, 0.15) is 0 Å². The van der Waals surface area contributed by atoms with Crippen molar-refractivity contribution in [1.82, 2.24) is 0 Å². The molecule has 0 aliphatic carbocycles. The van der Waals surface area contributed by atoms with Crippen LogP contribution in [0.3, 0.4) is 0 Å². The van der Waals surface area contributed by atoms with Crippen LogP contribution < -0.4 is 9.47 Å². The standard InChI is InChI=1S/C18H16O5/c1-21-14-8-12-9-16(17(19)11-6-4-3-5-7-11)23-18(20)13(12)10-15(14)22-2/h3-8,10,16H,9H2,1-2H3/t16-/m1/s1. The predicted molar refractivity (Wildman–Crippen MR) is 83.2 cm³/mol. The molecule has 0 saturated heterocycles. The number of hydrogen-bond donors (Lipinski definition) is 0. The molecule has 3 rings (SSSR count). The van der Waals surface area contributed by atoms with Gasteiger partial charge in [-0.3, -0.25) is 4.79 Å². The van der Waals surface area contributed by atoms with Crippen molar-refractivity contribution in [3.63, 3.8) is 0 Å². The molecule has 0 saturated carbocycles. The van der Waals surface area contributed by atoms with Gasteiger partial charge in [-0.2, -0.15) is 0 Å². The third kappa shape index (κ3) is 2.77. The lowest BCUT2D eigenvalue weighted by Crippen LogP contribution is -2.34. The van der Waals surface area contributed by atoms with Gasteiger partial charge in [0.15, 0.2) is 17.6 Å². The van der Waals surface area contributed by atoms with E-state index in [1.165, 1.54) is 14.2 Å². The molecule has 0 fully saturated rings. The molecular formula is C18H16O5. The second-order valence-corrected chi connectivity index (χ2v) is 5.19. The van der Waals surface area contributed by atoms with Crippen LogP contribution in [-0.2, 0) is 11.2 Å². The summed E-state index contributed by atoms with van der Waals surface area (Å²) in [5.41, 5.74) is 1.64. The van der Waals surface area contributed by atoms with Crippen molar-refractivity contribution in [2.75, 3.05) is 14.2 Å². The van der Waals surface area contributed by atoms with E-state index >= 15 is 0 Å². The van der Waals surface area contributed by atoms with Crippen molar-refractivity contribution in [2.45, 2.75) is 12.5 Å². The Morgan fingerprint density at radius 2 is 1.74 bits per heavy atom. The Kier molecular flexibility index (Phi) is 4.02. The summed E-state index contributed by atoms with van der Waals surface area (Å²) in [7, 11) is 3.03. The summed E-state index contributed by atoms with van der Waals surface area (Å²) in [4.78, 5) is 24.7. The molecular weight excluding hydrogens is 296 g/mol. The first-order valence-corrected chi connectivity index (χ1v) is 7.19. The van der Waals surface area contributed by atoms with Crippen LogP contribution in [0.5, 0.6) is 11.5 Å². The van der Waals surface area contributed by atoms with Gasteiger partial charge >= 0.3 is 5.97 Å². The predicted octanol–water partition coefficient (Wildman–Crippen LogP) is 2.67. The molecule has 0 amide bonds. The lowest BCUT2D eigenvalue weighted by atomic mass is 9.93.